The molecule has 0 saturated carbocycles. The largest absolute Gasteiger partial charge is 0.456 e. The Balaban J connectivity index is 0.990. The summed E-state index contributed by atoms with van der Waals surface area (Å²) in [4.78, 5) is 0. The van der Waals surface area contributed by atoms with Crippen molar-refractivity contribution in [1.29, 1.82) is 0 Å². The van der Waals surface area contributed by atoms with E-state index < -0.39 is 0 Å². The van der Waals surface area contributed by atoms with Gasteiger partial charge in [-0.25, -0.2) is 0 Å². The van der Waals surface area contributed by atoms with Crippen LogP contribution >= 0.6 is 0 Å². The molecule has 10 aromatic rings. The van der Waals surface area contributed by atoms with E-state index in [-0.39, 0.29) is 0 Å². The summed E-state index contributed by atoms with van der Waals surface area (Å²) >= 11 is 0. The van der Waals surface area contributed by atoms with Crippen molar-refractivity contribution in [3.63, 3.8) is 0 Å². The molecule has 0 spiro atoms. The Bertz CT molecular complexity index is 2940. The van der Waals surface area contributed by atoms with Gasteiger partial charge in [-0.05, 0) is 118 Å². The van der Waals surface area contributed by atoms with Gasteiger partial charge in [-0.15, -0.1) is 0 Å². The van der Waals surface area contributed by atoms with Crippen molar-refractivity contribution in [2.75, 3.05) is 0 Å². The van der Waals surface area contributed by atoms with Gasteiger partial charge in [0.1, 0.15) is 11.5 Å². The molecule has 1 aliphatic heterocycles. The van der Waals surface area contributed by atoms with E-state index in [0.717, 1.165) is 17.1 Å². The lowest BCUT2D eigenvalue weighted by molar-refractivity contribution is 0.487. The van der Waals surface area contributed by atoms with E-state index in [1.165, 1.54) is 93.2 Å². The average molecular weight is 647 g/mol. The van der Waals surface area contributed by atoms with Gasteiger partial charge in [-0.2, -0.15) is 0 Å². The molecule has 0 fully saturated rings. The van der Waals surface area contributed by atoms with Crippen LogP contribution in [0.2, 0.25) is 0 Å². The van der Waals surface area contributed by atoms with Gasteiger partial charge in [0.15, 0.2) is 0 Å². The molecule has 0 amide bonds. The molecule has 10 aromatic carbocycles. The van der Waals surface area contributed by atoms with Gasteiger partial charge in [-0.3, -0.25) is 0 Å². The monoisotopic (exact) mass is 646 g/mol. The minimum Gasteiger partial charge on any atom is -0.456 e. The number of rotatable bonds is 4. The highest BCUT2D eigenvalue weighted by atomic mass is 16.5. The Labute approximate surface area is 296 Å². The Morgan fingerprint density at radius 1 is 0.255 bits per heavy atom. The van der Waals surface area contributed by atoms with E-state index in [4.69, 9.17) is 4.74 Å². The van der Waals surface area contributed by atoms with Crippen LogP contribution in [-0.4, -0.2) is 0 Å². The Hall–Kier alpha value is -6.70. The van der Waals surface area contributed by atoms with Crippen molar-refractivity contribution in [1.82, 2.24) is 0 Å². The minimum absolute atomic E-state index is 0.900. The topological polar surface area (TPSA) is 9.23 Å². The summed E-state index contributed by atoms with van der Waals surface area (Å²) in [5.74, 6) is 1.81. The Kier molecular flexibility index (Phi) is 6.02. The number of hydrogen-bond donors (Lipinski definition) is 0. The first kappa shape index (κ1) is 28.2. The minimum atomic E-state index is 0.900. The summed E-state index contributed by atoms with van der Waals surface area (Å²) in [5.41, 5.74) is 12.1. The van der Waals surface area contributed by atoms with Crippen molar-refractivity contribution in [3.05, 3.63) is 182 Å². The van der Waals surface area contributed by atoms with Crippen molar-refractivity contribution >= 4 is 43.1 Å². The van der Waals surface area contributed by atoms with Crippen LogP contribution < -0.4 is 4.74 Å². The second kappa shape index (κ2) is 10.9. The highest BCUT2D eigenvalue weighted by Gasteiger charge is 2.22. The maximum Gasteiger partial charge on any atom is 0.135 e. The fourth-order valence-electron chi connectivity index (χ4n) is 8.39. The van der Waals surface area contributed by atoms with E-state index in [1.54, 1.807) is 0 Å². The molecule has 1 aliphatic rings. The summed E-state index contributed by atoms with van der Waals surface area (Å²) in [6.45, 7) is 0. The summed E-state index contributed by atoms with van der Waals surface area (Å²) in [6, 6.07) is 66.2. The molecule has 236 valence electrons. The molecule has 0 aliphatic carbocycles. The Morgan fingerprint density at radius 3 is 1.61 bits per heavy atom. The molecule has 1 heterocycles. The summed E-state index contributed by atoms with van der Waals surface area (Å²) in [5, 5.41) is 10.2. The third kappa shape index (κ3) is 4.35. The second-order valence-corrected chi connectivity index (χ2v) is 13.6. The van der Waals surface area contributed by atoms with Crippen LogP contribution in [0.5, 0.6) is 11.5 Å². The Morgan fingerprint density at radius 2 is 0.824 bits per heavy atom. The third-order valence-corrected chi connectivity index (χ3v) is 10.8. The highest BCUT2D eigenvalue weighted by molar-refractivity contribution is 6.26. The van der Waals surface area contributed by atoms with Gasteiger partial charge >= 0.3 is 0 Å². The predicted octanol–water partition coefficient (Wildman–Crippen LogP) is 14.2. The smallest absolute Gasteiger partial charge is 0.135 e. The third-order valence-electron chi connectivity index (χ3n) is 10.8. The van der Waals surface area contributed by atoms with Gasteiger partial charge in [-0.1, -0.05) is 152 Å². The summed E-state index contributed by atoms with van der Waals surface area (Å²) in [7, 11) is 0. The van der Waals surface area contributed by atoms with Crippen LogP contribution in [0.25, 0.3) is 98.7 Å². The molecule has 51 heavy (non-hydrogen) atoms. The molecule has 0 N–H and O–H groups in total. The van der Waals surface area contributed by atoms with E-state index in [2.05, 4.69) is 182 Å². The molecule has 0 atom stereocenters. The number of fused-ring (bicyclic) bond motifs is 2. The lowest BCUT2D eigenvalue weighted by Crippen LogP contribution is -1.98. The van der Waals surface area contributed by atoms with Crippen molar-refractivity contribution in [3.8, 4) is 67.1 Å². The maximum atomic E-state index is 6.52. The molecular formula is C50H30O. The van der Waals surface area contributed by atoms with Crippen molar-refractivity contribution < 1.29 is 4.74 Å². The van der Waals surface area contributed by atoms with Crippen molar-refractivity contribution in [2.24, 2.45) is 0 Å². The zero-order valence-electron chi connectivity index (χ0n) is 27.7. The molecule has 1 nitrogen and oxygen atoms in total. The maximum absolute atomic E-state index is 6.52. The first-order valence-corrected chi connectivity index (χ1v) is 17.6. The molecule has 0 unspecified atom stereocenters. The molecule has 0 saturated heterocycles. The number of hydrogen-bond acceptors (Lipinski definition) is 1. The fraction of sp³-hybridized carbons (Fsp3) is 0. The van der Waals surface area contributed by atoms with Crippen LogP contribution in [-0.2, 0) is 0 Å². The zero-order valence-corrected chi connectivity index (χ0v) is 27.7. The standard InChI is InChI=1S/C50H30O/c1-3-8-31(9-4-1)36-22-26-46-45(30-36)43-13-7-12-42-41(25-27-47(51-46)50(42)43)34-16-14-32(15-17-34)39-28-37-19-18-35-20-23-40(33-10-5-2-6-11-33)44-24-21-38(29-39)48(37)49(35)44/h1-30H. The summed E-state index contributed by atoms with van der Waals surface area (Å²) < 4.78 is 6.52. The van der Waals surface area contributed by atoms with Crippen LogP contribution in [0.3, 0.4) is 0 Å². The zero-order chi connectivity index (χ0) is 33.5. The molecular weight excluding hydrogens is 617 g/mol. The quantitative estimate of drug-likeness (QED) is 0.173. The molecule has 0 radical (unpaired) electrons. The van der Waals surface area contributed by atoms with Gasteiger partial charge in [0, 0.05) is 10.9 Å². The lowest BCUT2D eigenvalue weighted by atomic mass is 9.87. The molecule has 0 aromatic heterocycles. The molecule has 0 bridgehead atoms. The highest BCUT2D eigenvalue weighted by Crippen LogP contribution is 2.50. The van der Waals surface area contributed by atoms with E-state index in [9.17, 15) is 0 Å². The fourth-order valence-corrected chi connectivity index (χ4v) is 8.39. The molecule has 11 rings (SSSR count). The van der Waals surface area contributed by atoms with E-state index in [0.29, 0.717) is 0 Å². The van der Waals surface area contributed by atoms with E-state index in [1.807, 2.05) is 0 Å². The van der Waals surface area contributed by atoms with Gasteiger partial charge in [0.05, 0.1) is 0 Å². The van der Waals surface area contributed by atoms with Crippen LogP contribution in [0.15, 0.2) is 182 Å². The van der Waals surface area contributed by atoms with Crippen molar-refractivity contribution in [2.45, 2.75) is 0 Å². The van der Waals surface area contributed by atoms with Gasteiger partial charge in [0.2, 0.25) is 0 Å². The molecule has 1 heteroatoms. The van der Waals surface area contributed by atoms with Crippen LogP contribution in [0, 0.1) is 0 Å². The van der Waals surface area contributed by atoms with Crippen LogP contribution in [0.1, 0.15) is 0 Å². The van der Waals surface area contributed by atoms with Gasteiger partial charge < -0.3 is 4.74 Å². The normalized spacial score (nSPS) is 12.1. The van der Waals surface area contributed by atoms with Gasteiger partial charge in [0.25, 0.3) is 0 Å². The number of benzene rings is 10. The first-order valence-electron chi connectivity index (χ1n) is 17.6. The number of ether oxygens (including phenoxy) is 1. The SMILES string of the molecule is c1ccc(-c2ccc3c(c2)-c2cccc4c(-c5ccc(-c6cc7ccc8ccc(-c9ccccc9)c9ccc(c6)c7c89)cc5)ccc(c24)O3)cc1. The first-order chi connectivity index (χ1) is 25.3. The second-order valence-electron chi connectivity index (χ2n) is 13.6. The van der Waals surface area contributed by atoms with Crippen LogP contribution in [0.4, 0.5) is 0 Å². The summed E-state index contributed by atoms with van der Waals surface area (Å²) in [6.07, 6.45) is 0. The average Bonchev–Trinajstić information content (AvgIpc) is 3.20. The van der Waals surface area contributed by atoms with E-state index >= 15 is 0 Å². The lowest BCUT2D eigenvalue weighted by Gasteiger charge is -2.23. The predicted molar refractivity (Wildman–Crippen MR) is 215 cm³/mol.